The van der Waals surface area contributed by atoms with E-state index in [4.69, 9.17) is 11.6 Å². The molecular formula is C29H37ClF3N3O3. The van der Waals surface area contributed by atoms with Gasteiger partial charge in [-0.25, -0.2) is 0 Å². The Hall–Kier alpha value is -2.52. The minimum Gasteiger partial charge on any atom is -0.372 e. The molecule has 214 valence electrons. The molecule has 2 saturated heterocycles. The molecule has 1 N–H and O–H groups in total. The van der Waals surface area contributed by atoms with E-state index in [0.29, 0.717) is 36.7 Å². The highest BCUT2D eigenvalue weighted by atomic mass is 35.5. The smallest absolute Gasteiger partial charge is 0.372 e. The number of halogens is 4. The Balaban J connectivity index is 1.28. The summed E-state index contributed by atoms with van der Waals surface area (Å²) < 4.78 is 42.1. The fraction of sp³-hybridized carbons (Fsp3) is 0.586. The average molecular weight is 568 g/mol. The number of hydrogen-bond donors (Lipinski definition) is 1. The van der Waals surface area contributed by atoms with Gasteiger partial charge in [0, 0.05) is 56.6 Å². The summed E-state index contributed by atoms with van der Waals surface area (Å²) >= 11 is 5.94. The van der Waals surface area contributed by atoms with Gasteiger partial charge in [-0.1, -0.05) is 17.7 Å². The summed E-state index contributed by atoms with van der Waals surface area (Å²) in [4.78, 5) is 30.2. The van der Waals surface area contributed by atoms with E-state index in [0.717, 1.165) is 49.0 Å². The molecule has 2 amide bonds. The number of alkyl halides is 3. The van der Waals surface area contributed by atoms with Crippen LogP contribution in [0.25, 0.3) is 0 Å². The highest BCUT2D eigenvalue weighted by Gasteiger charge is 2.62. The first-order valence-electron chi connectivity index (χ1n) is 13.6. The number of nitrogens with zero attached hydrogens (tertiary/aromatic N) is 3. The Morgan fingerprint density at radius 2 is 1.56 bits per heavy atom. The van der Waals surface area contributed by atoms with Crippen LogP contribution in [0.3, 0.4) is 0 Å². The molecule has 1 atom stereocenters. The standard InChI is InChI=1S/C29H37ClF3N3O3/c1-34(2)26(37)22-6-8-25(9-7-22)35-14-10-20(11-15-35)18-21-12-16-36(17-13-21)27(38)28(39,29(31,32)33)23-4-3-5-24(30)19-23/h4,6-9,19-21,39H,3,5,10-18H2,1-2H3. The number of amides is 2. The topological polar surface area (TPSA) is 64.1 Å². The van der Waals surface area contributed by atoms with Crippen LogP contribution in [-0.4, -0.2) is 78.8 Å². The molecule has 1 aromatic rings. The highest BCUT2D eigenvalue weighted by molar-refractivity contribution is 6.29. The largest absolute Gasteiger partial charge is 0.430 e. The molecule has 1 unspecified atom stereocenters. The lowest BCUT2D eigenvalue weighted by molar-refractivity contribution is -0.242. The Labute approximate surface area is 233 Å². The Morgan fingerprint density at radius 3 is 2.08 bits per heavy atom. The quantitative estimate of drug-likeness (QED) is 0.502. The lowest BCUT2D eigenvalue weighted by atomic mass is 9.81. The maximum atomic E-state index is 14.0. The van der Waals surface area contributed by atoms with Gasteiger partial charge in [0.05, 0.1) is 0 Å². The van der Waals surface area contributed by atoms with Crippen LogP contribution in [0.4, 0.5) is 18.9 Å². The minimum atomic E-state index is -5.14. The molecule has 0 aromatic heterocycles. The number of carbonyl (C=O) groups excluding carboxylic acids is 2. The first-order valence-corrected chi connectivity index (χ1v) is 14.0. The molecule has 2 aliphatic heterocycles. The zero-order valence-electron chi connectivity index (χ0n) is 22.5. The number of benzene rings is 1. The minimum absolute atomic E-state index is 0.0246. The van der Waals surface area contributed by atoms with Crippen molar-refractivity contribution in [2.24, 2.45) is 11.8 Å². The monoisotopic (exact) mass is 567 g/mol. The van der Waals surface area contributed by atoms with Gasteiger partial charge >= 0.3 is 6.18 Å². The van der Waals surface area contributed by atoms with Crippen LogP contribution in [0.5, 0.6) is 0 Å². The normalized spacial score (nSPS) is 21.2. The summed E-state index contributed by atoms with van der Waals surface area (Å²) in [6.07, 6.45) is 2.10. The molecule has 2 fully saturated rings. The zero-order chi connectivity index (χ0) is 28.4. The van der Waals surface area contributed by atoms with Crippen molar-refractivity contribution in [3.63, 3.8) is 0 Å². The van der Waals surface area contributed by atoms with Gasteiger partial charge < -0.3 is 19.8 Å². The van der Waals surface area contributed by atoms with Gasteiger partial charge in [0.2, 0.25) is 0 Å². The first kappa shape index (κ1) is 29.5. The summed E-state index contributed by atoms with van der Waals surface area (Å²) in [7, 11) is 3.46. The first-order chi connectivity index (χ1) is 18.4. The SMILES string of the molecule is CN(C)C(=O)c1ccc(N2CCC(CC3CCN(C(=O)C(O)(C4=CCCC(Cl)=C4)C(F)(F)F)CC3)CC2)cc1. The molecular weight excluding hydrogens is 531 g/mol. The van der Waals surface area contributed by atoms with Crippen molar-refractivity contribution < 1.29 is 27.9 Å². The number of likely N-dealkylation sites (tertiary alicyclic amines) is 1. The number of piperidine rings is 2. The molecule has 0 radical (unpaired) electrons. The fourth-order valence-electron chi connectivity index (χ4n) is 5.90. The second-order valence-corrected chi connectivity index (χ2v) is 11.6. The van der Waals surface area contributed by atoms with Gasteiger partial charge in [-0.15, -0.1) is 0 Å². The van der Waals surface area contributed by atoms with E-state index in [9.17, 15) is 27.9 Å². The summed E-state index contributed by atoms with van der Waals surface area (Å²) in [6.45, 7) is 2.21. The van der Waals surface area contributed by atoms with E-state index in [2.05, 4.69) is 4.90 Å². The molecule has 6 nitrogen and oxygen atoms in total. The summed E-state index contributed by atoms with van der Waals surface area (Å²) in [5, 5.41) is 10.9. The van der Waals surface area contributed by atoms with Crippen molar-refractivity contribution in [2.75, 3.05) is 45.2 Å². The van der Waals surface area contributed by atoms with E-state index >= 15 is 0 Å². The molecule has 2 heterocycles. The average Bonchev–Trinajstić information content (AvgIpc) is 2.92. The third-order valence-electron chi connectivity index (χ3n) is 8.27. The molecule has 1 aromatic carbocycles. The van der Waals surface area contributed by atoms with Crippen LogP contribution in [0.2, 0.25) is 0 Å². The number of carbonyl (C=O) groups is 2. The third-order valence-corrected chi connectivity index (χ3v) is 8.56. The van der Waals surface area contributed by atoms with E-state index in [1.807, 2.05) is 24.3 Å². The van der Waals surface area contributed by atoms with Gasteiger partial charge in [0.15, 0.2) is 0 Å². The second-order valence-electron chi connectivity index (χ2n) is 11.1. The molecule has 4 rings (SSSR count). The maximum absolute atomic E-state index is 14.0. The van der Waals surface area contributed by atoms with Crippen LogP contribution in [-0.2, 0) is 4.79 Å². The molecule has 3 aliphatic rings. The molecule has 0 bridgehead atoms. The molecule has 39 heavy (non-hydrogen) atoms. The zero-order valence-corrected chi connectivity index (χ0v) is 23.3. The highest BCUT2D eigenvalue weighted by Crippen LogP contribution is 2.42. The van der Waals surface area contributed by atoms with Crippen molar-refractivity contribution >= 4 is 29.1 Å². The fourth-order valence-corrected chi connectivity index (χ4v) is 6.12. The van der Waals surface area contributed by atoms with Crippen molar-refractivity contribution in [1.29, 1.82) is 0 Å². The lowest BCUT2D eigenvalue weighted by Crippen LogP contribution is -2.60. The number of allylic oxidation sites excluding steroid dienone is 2. The summed E-state index contributed by atoms with van der Waals surface area (Å²) in [5.74, 6) is -0.476. The molecule has 0 spiro atoms. The second kappa shape index (κ2) is 11.9. The maximum Gasteiger partial charge on any atom is 0.430 e. The van der Waals surface area contributed by atoms with Gasteiger partial charge in [-0.2, -0.15) is 13.2 Å². The van der Waals surface area contributed by atoms with E-state index in [1.54, 1.807) is 19.0 Å². The van der Waals surface area contributed by atoms with Crippen molar-refractivity contribution in [3.8, 4) is 0 Å². The molecule has 10 heteroatoms. The number of anilines is 1. The van der Waals surface area contributed by atoms with Crippen LogP contribution < -0.4 is 4.90 Å². The third kappa shape index (κ3) is 6.46. The van der Waals surface area contributed by atoms with Crippen LogP contribution in [0.1, 0.15) is 55.3 Å². The van der Waals surface area contributed by atoms with Gasteiger partial charge in [0.25, 0.3) is 17.4 Å². The van der Waals surface area contributed by atoms with Crippen LogP contribution >= 0.6 is 11.6 Å². The Kier molecular flexibility index (Phi) is 9.01. The molecule has 1 aliphatic carbocycles. The number of rotatable bonds is 6. The Morgan fingerprint density at radius 1 is 1.00 bits per heavy atom. The predicted molar refractivity (Wildman–Crippen MR) is 146 cm³/mol. The van der Waals surface area contributed by atoms with Gasteiger partial charge in [-0.05, 0) is 92.7 Å². The van der Waals surface area contributed by atoms with Crippen LogP contribution in [0.15, 0.2) is 47.0 Å². The summed E-state index contributed by atoms with van der Waals surface area (Å²) in [6, 6.07) is 7.68. The van der Waals surface area contributed by atoms with E-state index < -0.39 is 23.3 Å². The summed E-state index contributed by atoms with van der Waals surface area (Å²) in [5.41, 5.74) is -2.31. The van der Waals surface area contributed by atoms with E-state index in [1.165, 1.54) is 6.08 Å². The van der Waals surface area contributed by atoms with Gasteiger partial charge in [-0.3, -0.25) is 9.59 Å². The van der Waals surface area contributed by atoms with Crippen molar-refractivity contribution in [2.45, 2.75) is 56.7 Å². The van der Waals surface area contributed by atoms with E-state index in [-0.39, 0.29) is 30.4 Å². The Bertz CT molecular complexity index is 1100. The molecule has 0 saturated carbocycles. The van der Waals surface area contributed by atoms with Crippen molar-refractivity contribution in [3.05, 3.63) is 52.6 Å². The predicted octanol–water partition coefficient (Wildman–Crippen LogP) is 5.37. The van der Waals surface area contributed by atoms with Gasteiger partial charge in [0.1, 0.15) is 0 Å². The van der Waals surface area contributed by atoms with Crippen LogP contribution in [0, 0.1) is 11.8 Å². The van der Waals surface area contributed by atoms with Crippen molar-refractivity contribution in [1.82, 2.24) is 9.80 Å². The number of aliphatic hydroxyl groups is 1. The number of hydrogen-bond acceptors (Lipinski definition) is 4. The lowest BCUT2D eigenvalue weighted by Gasteiger charge is -2.40.